The second-order valence-electron chi connectivity index (χ2n) is 6.70. The molecule has 0 radical (unpaired) electrons. The number of ether oxygens (including phenoxy) is 1. The third-order valence-electron chi connectivity index (χ3n) is 4.59. The Balaban J connectivity index is 1.78. The maximum atomic E-state index is 14.9. The lowest BCUT2D eigenvalue weighted by Crippen LogP contribution is -2.27. The highest BCUT2D eigenvalue weighted by molar-refractivity contribution is 7.14. The summed E-state index contributed by atoms with van der Waals surface area (Å²) in [5, 5.41) is 6.85. The van der Waals surface area contributed by atoms with Gasteiger partial charge in [-0.1, -0.05) is 0 Å². The molecule has 170 valence electrons. The van der Waals surface area contributed by atoms with E-state index in [2.05, 4.69) is 24.3 Å². The number of rotatable bonds is 5. The predicted octanol–water partition coefficient (Wildman–Crippen LogP) is 3.34. The van der Waals surface area contributed by atoms with Gasteiger partial charge in [-0.3, -0.25) is 14.9 Å². The summed E-state index contributed by atoms with van der Waals surface area (Å²) in [5.74, 6) is -4.39. The Morgan fingerprint density at radius 2 is 1.91 bits per heavy atom. The van der Waals surface area contributed by atoms with Gasteiger partial charge in [-0.05, 0) is 23.7 Å². The number of pyridine rings is 1. The molecule has 9 nitrogen and oxygen atoms in total. The van der Waals surface area contributed by atoms with Gasteiger partial charge in [0.25, 0.3) is 0 Å². The maximum Gasteiger partial charge on any atom is 0.490 e. The molecule has 5 N–H and O–H groups in total. The van der Waals surface area contributed by atoms with Crippen molar-refractivity contribution in [3.8, 4) is 22.4 Å². The summed E-state index contributed by atoms with van der Waals surface area (Å²) in [5.41, 5.74) is 12.1. The number of carbonyl (C=O) groups is 2. The van der Waals surface area contributed by atoms with E-state index in [0.717, 1.165) is 23.7 Å². The van der Waals surface area contributed by atoms with Crippen LogP contribution in [0.3, 0.4) is 0 Å². The van der Waals surface area contributed by atoms with Crippen LogP contribution in [-0.4, -0.2) is 44.1 Å². The number of aromatic nitrogens is 4. The minimum Gasteiger partial charge on any atom is -0.451 e. The van der Waals surface area contributed by atoms with Crippen molar-refractivity contribution >= 4 is 44.9 Å². The normalized spacial score (nSPS) is 11.6. The number of hydrogen-bond acceptors (Lipinski definition) is 9. The summed E-state index contributed by atoms with van der Waals surface area (Å²) in [6, 6.07) is 1.84. The van der Waals surface area contributed by atoms with E-state index in [1.165, 1.54) is 6.20 Å². The summed E-state index contributed by atoms with van der Waals surface area (Å²) < 4.78 is 60.5. The first-order chi connectivity index (χ1) is 15.6. The number of carbonyl (C=O) groups excluding carboxylic acids is 2. The van der Waals surface area contributed by atoms with Gasteiger partial charge in [0.2, 0.25) is 5.78 Å². The highest BCUT2D eigenvalue weighted by Gasteiger charge is 2.41. The van der Waals surface area contributed by atoms with Crippen molar-refractivity contribution in [2.45, 2.75) is 6.18 Å². The minimum atomic E-state index is -5.27. The van der Waals surface area contributed by atoms with E-state index < -0.39 is 30.4 Å². The van der Waals surface area contributed by atoms with Crippen molar-refractivity contribution in [3.63, 3.8) is 0 Å². The third kappa shape index (κ3) is 4.07. The fourth-order valence-electron chi connectivity index (χ4n) is 3.08. The summed E-state index contributed by atoms with van der Waals surface area (Å²) >= 11 is 1.05. The Morgan fingerprint density at radius 3 is 2.58 bits per heavy atom. The number of nitrogens with zero attached hydrogens (tertiary/aromatic N) is 3. The molecular weight excluding hydrogens is 468 g/mol. The van der Waals surface area contributed by atoms with Crippen LogP contribution in [0.2, 0.25) is 0 Å². The number of nitrogens with one attached hydrogen (secondary N) is 1. The van der Waals surface area contributed by atoms with Gasteiger partial charge in [-0.15, -0.1) is 0 Å². The van der Waals surface area contributed by atoms with E-state index in [0.29, 0.717) is 21.2 Å². The molecule has 1 aromatic carbocycles. The third-order valence-corrected chi connectivity index (χ3v) is 5.49. The molecule has 0 unspecified atom stereocenters. The molecule has 0 aliphatic heterocycles. The zero-order valence-electron chi connectivity index (χ0n) is 16.2. The highest BCUT2D eigenvalue weighted by atomic mass is 32.1. The van der Waals surface area contributed by atoms with Crippen LogP contribution in [0.1, 0.15) is 10.4 Å². The van der Waals surface area contributed by atoms with E-state index in [9.17, 15) is 27.2 Å². The maximum absolute atomic E-state index is 14.9. The van der Waals surface area contributed by atoms with E-state index in [-0.39, 0.29) is 28.3 Å². The van der Waals surface area contributed by atoms with Crippen LogP contribution in [0.15, 0.2) is 30.7 Å². The Hall–Kier alpha value is -4.07. The Kier molecular flexibility index (Phi) is 5.45. The Bertz CT molecular complexity index is 1380. The molecule has 3 aromatic heterocycles. The Morgan fingerprint density at radius 1 is 1.15 bits per heavy atom. The van der Waals surface area contributed by atoms with Gasteiger partial charge in [0.15, 0.2) is 6.61 Å². The average Bonchev–Trinajstić information content (AvgIpc) is 3.41. The first-order valence-electron chi connectivity index (χ1n) is 8.97. The number of H-pyrrole nitrogens is 1. The molecule has 0 spiro atoms. The monoisotopic (exact) mass is 480 g/mol. The van der Waals surface area contributed by atoms with Crippen LogP contribution in [-0.2, 0) is 9.53 Å². The number of hydrogen-bond donors (Lipinski definition) is 3. The van der Waals surface area contributed by atoms with Gasteiger partial charge in [0.05, 0.1) is 22.0 Å². The number of benzene rings is 1. The fourth-order valence-corrected chi connectivity index (χ4v) is 3.92. The van der Waals surface area contributed by atoms with E-state index >= 15 is 0 Å². The van der Waals surface area contributed by atoms with E-state index in [1.54, 1.807) is 12.4 Å². The van der Waals surface area contributed by atoms with Gasteiger partial charge < -0.3 is 16.2 Å². The summed E-state index contributed by atoms with van der Waals surface area (Å²) in [4.78, 5) is 27.5. The van der Waals surface area contributed by atoms with Crippen molar-refractivity contribution in [2.75, 3.05) is 18.1 Å². The molecule has 33 heavy (non-hydrogen) atoms. The average molecular weight is 480 g/mol. The number of alkyl halides is 3. The molecule has 0 amide bonds. The number of esters is 1. The summed E-state index contributed by atoms with van der Waals surface area (Å²) in [6.45, 7) is -1.24. The molecule has 0 aliphatic rings. The molecule has 0 aliphatic carbocycles. The van der Waals surface area contributed by atoms with E-state index in [1.807, 2.05) is 0 Å². The predicted molar refractivity (Wildman–Crippen MR) is 111 cm³/mol. The van der Waals surface area contributed by atoms with Crippen LogP contribution in [0.5, 0.6) is 0 Å². The zero-order valence-corrected chi connectivity index (χ0v) is 17.1. The number of aromatic amines is 1. The molecular formula is C19H12F4N6O3S. The van der Waals surface area contributed by atoms with Gasteiger partial charge >= 0.3 is 12.1 Å². The first kappa shape index (κ1) is 22.1. The first-order valence-corrected chi connectivity index (χ1v) is 9.74. The number of Topliss-reactive ketones (excluding diaryl/α,β-unsaturated/α-hetero) is 1. The number of ketones is 1. The topological polar surface area (TPSA) is 150 Å². The molecule has 0 saturated heterocycles. The standard InChI is InChI=1S/C19H12F4N6O3S/c20-11-2-12(24)9(13(30)6-32-18(31)19(21,22)23)1-8(11)15-14-16(33-29-17(14)25)10(5-26-15)7-3-27-28-4-7/h1-5H,6,24H2,(H2,25,29)(H,27,28). The number of fused-ring (bicyclic) bond motifs is 1. The number of halogens is 4. The van der Waals surface area contributed by atoms with Gasteiger partial charge in [0, 0.05) is 40.3 Å². The summed E-state index contributed by atoms with van der Waals surface area (Å²) in [6.07, 6.45) is -0.651. The lowest BCUT2D eigenvalue weighted by molar-refractivity contribution is -0.198. The van der Waals surface area contributed by atoms with Crippen molar-refractivity contribution < 1.29 is 31.9 Å². The smallest absolute Gasteiger partial charge is 0.451 e. The van der Waals surface area contributed by atoms with Crippen LogP contribution in [0.4, 0.5) is 29.1 Å². The molecule has 0 bridgehead atoms. The number of anilines is 2. The second kappa shape index (κ2) is 8.12. The number of nitrogen functional groups attached to an aromatic ring is 2. The Labute approximate surface area is 185 Å². The molecule has 14 heteroatoms. The van der Waals surface area contributed by atoms with E-state index in [4.69, 9.17) is 11.5 Å². The molecule has 0 saturated carbocycles. The highest BCUT2D eigenvalue weighted by Crippen LogP contribution is 2.40. The van der Waals surface area contributed by atoms with Crippen molar-refractivity contribution in [3.05, 3.63) is 42.1 Å². The van der Waals surface area contributed by atoms with Crippen molar-refractivity contribution in [1.29, 1.82) is 0 Å². The van der Waals surface area contributed by atoms with Gasteiger partial charge in [-0.25, -0.2) is 9.18 Å². The number of nitrogens with two attached hydrogens (primary N) is 2. The SMILES string of the molecule is Nc1cc(F)c(-c2ncc(-c3cn[nH]c3)c3snc(N)c23)cc1C(=O)COC(=O)C(F)(F)F. The van der Waals surface area contributed by atoms with Crippen LogP contribution in [0.25, 0.3) is 32.5 Å². The molecule has 4 aromatic rings. The van der Waals surface area contributed by atoms with Gasteiger partial charge in [-0.2, -0.15) is 22.6 Å². The minimum absolute atomic E-state index is 0.0438. The molecule has 4 rings (SSSR count). The lowest BCUT2D eigenvalue weighted by atomic mass is 9.99. The van der Waals surface area contributed by atoms with Crippen LogP contribution < -0.4 is 11.5 Å². The molecule has 0 atom stereocenters. The second-order valence-corrected chi connectivity index (χ2v) is 7.47. The van der Waals surface area contributed by atoms with Crippen LogP contribution >= 0.6 is 11.5 Å². The lowest BCUT2D eigenvalue weighted by Gasteiger charge is -2.12. The summed E-state index contributed by atoms with van der Waals surface area (Å²) in [7, 11) is 0. The largest absolute Gasteiger partial charge is 0.490 e. The zero-order chi connectivity index (χ0) is 23.9. The molecule has 3 heterocycles. The molecule has 0 fully saturated rings. The fraction of sp³-hybridized carbons (Fsp3) is 0.105. The van der Waals surface area contributed by atoms with Crippen molar-refractivity contribution in [2.24, 2.45) is 0 Å². The van der Waals surface area contributed by atoms with Crippen molar-refractivity contribution in [1.82, 2.24) is 19.6 Å². The van der Waals surface area contributed by atoms with Gasteiger partial charge in [0.1, 0.15) is 11.6 Å². The quantitative estimate of drug-likeness (QED) is 0.170. The van der Waals surface area contributed by atoms with Crippen LogP contribution in [0, 0.1) is 5.82 Å².